The molecule has 11 heteroatoms. The first-order chi connectivity index (χ1) is 15.3. The molecule has 1 aliphatic heterocycles. The molecule has 2 atom stereocenters. The first-order valence-electron chi connectivity index (χ1n) is 10.5. The average molecular weight is 483 g/mol. The zero-order valence-electron chi connectivity index (χ0n) is 18.6. The minimum absolute atomic E-state index is 0.00267. The largest absolute Gasteiger partial charge is 0.433 e. The molecule has 7 nitrogen and oxygen atoms in total. The Hall–Kier alpha value is -2.66. The van der Waals surface area contributed by atoms with Gasteiger partial charge in [0, 0.05) is 47.7 Å². The van der Waals surface area contributed by atoms with Gasteiger partial charge in [-0.3, -0.25) is 0 Å². The maximum absolute atomic E-state index is 13.7. The van der Waals surface area contributed by atoms with Gasteiger partial charge in [0.05, 0.1) is 17.0 Å². The lowest BCUT2D eigenvalue weighted by molar-refractivity contribution is -0.142. The third kappa shape index (κ3) is 4.19. The van der Waals surface area contributed by atoms with Crippen molar-refractivity contribution in [3.63, 3.8) is 0 Å². The van der Waals surface area contributed by atoms with Gasteiger partial charge < -0.3 is 14.6 Å². The van der Waals surface area contributed by atoms with E-state index in [1.165, 1.54) is 6.92 Å². The van der Waals surface area contributed by atoms with Crippen molar-refractivity contribution in [2.75, 3.05) is 17.7 Å². The first kappa shape index (κ1) is 23.5. The first-order valence-corrected chi connectivity index (χ1v) is 12.4. The second-order valence-corrected chi connectivity index (χ2v) is 10.8. The lowest BCUT2D eigenvalue weighted by Gasteiger charge is -2.39. The predicted molar refractivity (Wildman–Crippen MR) is 118 cm³/mol. The van der Waals surface area contributed by atoms with E-state index in [0.29, 0.717) is 13.1 Å². The van der Waals surface area contributed by atoms with Crippen molar-refractivity contribution in [2.24, 2.45) is 5.92 Å². The molecule has 178 valence electrons. The van der Waals surface area contributed by atoms with Crippen molar-refractivity contribution in [3.05, 3.63) is 47.4 Å². The molecule has 4 rings (SSSR count). The van der Waals surface area contributed by atoms with E-state index in [0.717, 1.165) is 29.0 Å². The summed E-state index contributed by atoms with van der Waals surface area (Å²) in [6, 6.07) is 6.55. The van der Waals surface area contributed by atoms with E-state index in [1.807, 2.05) is 24.5 Å². The van der Waals surface area contributed by atoms with Crippen molar-refractivity contribution in [1.82, 2.24) is 14.5 Å². The number of sulfone groups is 1. The van der Waals surface area contributed by atoms with Gasteiger partial charge in [-0.05, 0) is 31.0 Å². The molecule has 0 saturated heterocycles. The van der Waals surface area contributed by atoms with Crippen molar-refractivity contribution >= 4 is 26.7 Å². The maximum Gasteiger partial charge on any atom is 0.433 e. The molecule has 0 fully saturated rings. The number of hydrogen-bond acceptors (Lipinski definition) is 6. The molecule has 0 amide bonds. The van der Waals surface area contributed by atoms with Crippen LogP contribution in [-0.2, 0) is 22.6 Å². The van der Waals surface area contributed by atoms with Crippen LogP contribution in [-0.4, -0.2) is 40.9 Å². The zero-order valence-corrected chi connectivity index (χ0v) is 19.4. The lowest BCUT2D eigenvalue weighted by Crippen LogP contribution is -2.41. The van der Waals surface area contributed by atoms with Crippen LogP contribution in [0, 0.1) is 5.92 Å². The van der Waals surface area contributed by atoms with Gasteiger partial charge in [-0.2, -0.15) is 13.2 Å². The number of aliphatic hydroxyl groups is 1. The number of nitrogens with zero attached hydrogens (tertiary/aromatic N) is 4. The molecule has 0 saturated carbocycles. The number of rotatable bonds is 4. The highest BCUT2D eigenvalue weighted by Gasteiger charge is 2.39. The van der Waals surface area contributed by atoms with Gasteiger partial charge in [0.1, 0.15) is 0 Å². The lowest BCUT2D eigenvalue weighted by atomic mass is 9.97. The molecule has 0 spiro atoms. The fourth-order valence-corrected chi connectivity index (χ4v) is 5.11. The van der Waals surface area contributed by atoms with Crippen molar-refractivity contribution in [1.29, 1.82) is 0 Å². The van der Waals surface area contributed by atoms with Crippen molar-refractivity contribution < 1.29 is 26.7 Å². The summed E-state index contributed by atoms with van der Waals surface area (Å²) >= 11 is 0. The van der Waals surface area contributed by atoms with Gasteiger partial charge in [0.25, 0.3) is 0 Å². The molecule has 1 aliphatic rings. The zero-order chi connectivity index (χ0) is 24.3. The van der Waals surface area contributed by atoms with Gasteiger partial charge in [-0.25, -0.2) is 18.4 Å². The predicted octanol–water partition coefficient (Wildman–Crippen LogP) is 4.12. The van der Waals surface area contributed by atoms with Gasteiger partial charge in [0.15, 0.2) is 15.5 Å². The summed E-state index contributed by atoms with van der Waals surface area (Å²) < 4.78 is 67.0. The Labute approximate surface area is 189 Å². The summed E-state index contributed by atoms with van der Waals surface area (Å²) in [5.74, 6) is -0.0594. The Bertz CT molecular complexity index is 1320. The third-order valence-corrected chi connectivity index (χ3v) is 7.06. The Morgan fingerprint density at radius 2 is 1.85 bits per heavy atom. The quantitative estimate of drug-likeness (QED) is 0.602. The third-order valence-electron chi connectivity index (χ3n) is 5.95. The van der Waals surface area contributed by atoms with E-state index in [4.69, 9.17) is 0 Å². The van der Waals surface area contributed by atoms with Gasteiger partial charge in [0.2, 0.25) is 5.95 Å². The summed E-state index contributed by atoms with van der Waals surface area (Å²) in [6.07, 6.45) is -3.90. The number of alkyl halides is 3. The maximum atomic E-state index is 13.7. The Morgan fingerprint density at radius 3 is 2.42 bits per heavy atom. The Morgan fingerprint density at radius 1 is 1.15 bits per heavy atom. The molecular formula is C22H25F3N4O3S. The van der Waals surface area contributed by atoms with E-state index in [-0.39, 0.29) is 28.4 Å². The van der Waals surface area contributed by atoms with E-state index >= 15 is 0 Å². The number of halogens is 3. The highest BCUT2D eigenvalue weighted by molar-refractivity contribution is 7.90. The highest BCUT2D eigenvalue weighted by atomic mass is 32.2. The average Bonchev–Trinajstić information content (AvgIpc) is 3.08. The summed E-state index contributed by atoms with van der Waals surface area (Å²) in [5, 5.41) is 10.6. The summed E-state index contributed by atoms with van der Waals surface area (Å²) in [4.78, 5) is 9.97. The van der Waals surface area contributed by atoms with Gasteiger partial charge in [-0.1, -0.05) is 19.9 Å². The SMILES string of the molecule is CC(C)[C@H]1c2cc3ccc(S(C)(=O)=O)cc3n2CCN1c1ncc([C@@H](C)O)c(C(F)(F)F)n1. The minimum atomic E-state index is -4.73. The second kappa shape index (κ2) is 7.98. The number of hydrogen-bond donors (Lipinski definition) is 1. The molecule has 0 unspecified atom stereocenters. The van der Waals surface area contributed by atoms with Crippen LogP contribution in [0.2, 0.25) is 0 Å². The second-order valence-electron chi connectivity index (χ2n) is 8.74. The standard InChI is InChI=1S/C22H25F3N4O3S/c1-12(2)19-18-9-14-5-6-15(33(4,31)32)10-17(14)28(18)7-8-29(19)21-26-11-16(13(3)30)20(27-21)22(23,24)25/h5-6,9-13,19,30H,7-8H2,1-4H3/t13-,19+/m1/s1. The topological polar surface area (TPSA) is 88.3 Å². The molecule has 33 heavy (non-hydrogen) atoms. The fraction of sp³-hybridized carbons (Fsp3) is 0.455. The minimum Gasteiger partial charge on any atom is -0.389 e. The number of aliphatic hydroxyl groups excluding tert-OH is 1. The summed E-state index contributed by atoms with van der Waals surface area (Å²) in [5.41, 5.74) is 0.105. The smallest absolute Gasteiger partial charge is 0.389 e. The number of benzene rings is 1. The van der Waals surface area contributed by atoms with E-state index in [9.17, 15) is 26.7 Å². The Balaban J connectivity index is 1.84. The van der Waals surface area contributed by atoms with E-state index in [2.05, 4.69) is 9.97 Å². The van der Waals surface area contributed by atoms with Crippen LogP contribution in [0.15, 0.2) is 35.4 Å². The Kier molecular flexibility index (Phi) is 5.68. The number of aromatic nitrogens is 3. The van der Waals surface area contributed by atoms with Crippen LogP contribution in [0.4, 0.5) is 19.1 Å². The number of anilines is 1. The van der Waals surface area contributed by atoms with Crippen LogP contribution in [0.5, 0.6) is 0 Å². The fourth-order valence-electron chi connectivity index (χ4n) is 4.47. The molecule has 1 aromatic carbocycles. The van der Waals surface area contributed by atoms with Crippen LogP contribution < -0.4 is 4.90 Å². The monoisotopic (exact) mass is 482 g/mol. The molecular weight excluding hydrogens is 457 g/mol. The van der Waals surface area contributed by atoms with Crippen LogP contribution in [0.25, 0.3) is 10.9 Å². The molecule has 1 N–H and O–H groups in total. The van der Waals surface area contributed by atoms with Gasteiger partial charge >= 0.3 is 6.18 Å². The molecule has 2 aromatic heterocycles. The normalized spacial score (nSPS) is 18.1. The molecule has 0 bridgehead atoms. The molecule has 3 heterocycles. The molecule has 3 aromatic rings. The van der Waals surface area contributed by atoms with E-state index in [1.54, 1.807) is 23.1 Å². The number of fused-ring (bicyclic) bond motifs is 3. The van der Waals surface area contributed by atoms with Crippen LogP contribution >= 0.6 is 0 Å². The summed E-state index contributed by atoms with van der Waals surface area (Å²) in [7, 11) is -3.38. The highest BCUT2D eigenvalue weighted by Crippen LogP contribution is 2.40. The van der Waals surface area contributed by atoms with Crippen LogP contribution in [0.1, 0.15) is 49.9 Å². The van der Waals surface area contributed by atoms with E-state index < -0.39 is 27.8 Å². The van der Waals surface area contributed by atoms with Gasteiger partial charge in [-0.15, -0.1) is 0 Å². The van der Waals surface area contributed by atoms with Crippen molar-refractivity contribution in [3.8, 4) is 0 Å². The summed E-state index contributed by atoms with van der Waals surface area (Å²) in [6.45, 7) is 5.93. The molecule has 0 radical (unpaired) electrons. The molecule has 0 aliphatic carbocycles. The van der Waals surface area contributed by atoms with Crippen molar-refractivity contribution in [2.45, 2.75) is 50.5 Å². The van der Waals surface area contributed by atoms with Crippen LogP contribution in [0.3, 0.4) is 0 Å².